The van der Waals surface area contributed by atoms with Gasteiger partial charge in [-0.1, -0.05) is 168 Å². The van der Waals surface area contributed by atoms with Crippen molar-refractivity contribution in [3.63, 3.8) is 0 Å². The fraction of sp³-hybridized carbons (Fsp3) is 0.640. The monoisotopic (exact) mass is 1000 g/mol. The summed E-state index contributed by atoms with van der Waals surface area (Å²) in [5, 5.41) is 0. The molecule has 0 spiro atoms. The molecule has 0 fully saturated rings. The first-order valence-electron chi connectivity index (χ1n) is 23.6. The number of aryl methyl sites for hydroxylation is 2. The van der Waals surface area contributed by atoms with Crippen LogP contribution in [0.2, 0.25) is 0 Å². The summed E-state index contributed by atoms with van der Waals surface area (Å²) in [4.78, 5) is 37.0. The average Bonchev–Trinajstić information content (AvgIpc) is 4.06. The molecular weight excluding hydrogens is 935 g/mol. The summed E-state index contributed by atoms with van der Waals surface area (Å²) in [5.41, 5.74) is 4.02. The van der Waals surface area contributed by atoms with Crippen LogP contribution in [0.1, 0.15) is 220 Å². The molecule has 5 rings (SSSR count). The highest BCUT2D eigenvalue weighted by molar-refractivity contribution is 9.11. The quantitative estimate of drug-likeness (QED) is 0.0361. The Balaban J connectivity index is 1.34. The second kappa shape index (κ2) is 27.2. The topological polar surface area (TPSA) is 37.4 Å². The zero-order valence-corrected chi connectivity index (χ0v) is 42.9. The van der Waals surface area contributed by atoms with Crippen molar-refractivity contribution in [3.8, 4) is 29.3 Å². The normalized spacial score (nSPS) is 12.8. The lowest BCUT2D eigenvalue weighted by atomic mass is 10.0. The van der Waals surface area contributed by atoms with Crippen molar-refractivity contribution in [2.45, 2.75) is 201 Å². The molecule has 0 unspecified atom stereocenters. The van der Waals surface area contributed by atoms with Gasteiger partial charge < -0.3 is 0 Å². The maximum absolute atomic E-state index is 14.2. The van der Waals surface area contributed by atoms with Gasteiger partial charge in [0.15, 0.2) is 0 Å². The van der Waals surface area contributed by atoms with E-state index in [9.17, 15) is 9.59 Å². The minimum Gasteiger partial charge on any atom is -0.274 e. The molecule has 4 aromatic heterocycles. The number of thiophene rings is 4. The molecule has 326 valence electrons. The number of unbranched alkanes of at least 4 members (excludes halogenated alkanes) is 23. The predicted octanol–water partition coefficient (Wildman–Crippen LogP) is 19.3. The van der Waals surface area contributed by atoms with Gasteiger partial charge >= 0.3 is 0 Å². The lowest BCUT2D eigenvalue weighted by molar-refractivity contribution is 0.0651. The van der Waals surface area contributed by atoms with E-state index in [-0.39, 0.29) is 11.8 Å². The molecule has 4 aromatic rings. The molecule has 0 radical (unpaired) electrons. The Morgan fingerprint density at radius 3 is 1.34 bits per heavy atom. The van der Waals surface area contributed by atoms with Crippen LogP contribution in [0.5, 0.6) is 0 Å². The number of imide groups is 1. The SMILES string of the molecule is CCCCCCCCCCCCc1cc(-c2cc(CCCCCCCCCCCC)c(-c3sc(Br)c4c3C(=O)N(CCCCCCCC)C4=O)s2)sc1-c1ccc(Br)s1. The fourth-order valence-corrected chi connectivity index (χ4v) is 14.5. The number of nitrogens with zero attached hydrogens (tertiary/aromatic N) is 1. The first kappa shape index (κ1) is 48.9. The van der Waals surface area contributed by atoms with Crippen molar-refractivity contribution in [3.05, 3.63) is 54.1 Å². The van der Waals surface area contributed by atoms with Gasteiger partial charge in [-0.05, 0) is 99.4 Å². The number of carbonyl (C=O) groups excluding carboxylic acids is 2. The van der Waals surface area contributed by atoms with E-state index in [1.165, 1.54) is 185 Å². The van der Waals surface area contributed by atoms with Crippen LogP contribution in [-0.2, 0) is 12.8 Å². The van der Waals surface area contributed by atoms with Crippen LogP contribution in [0.3, 0.4) is 0 Å². The van der Waals surface area contributed by atoms with Gasteiger partial charge in [0.1, 0.15) is 0 Å². The molecule has 3 nitrogen and oxygen atoms in total. The third-order valence-electron chi connectivity index (χ3n) is 12.0. The zero-order chi connectivity index (χ0) is 41.8. The highest BCUT2D eigenvalue weighted by Gasteiger charge is 2.42. The molecule has 2 amide bonds. The van der Waals surface area contributed by atoms with Gasteiger partial charge in [0.05, 0.1) is 23.6 Å². The summed E-state index contributed by atoms with van der Waals surface area (Å²) >= 11 is 14.7. The molecule has 0 aliphatic carbocycles. The van der Waals surface area contributed by atoms with Gasteiger partial charge in [0.2, 0.25) is 0 Å². The Morgan fingerprint density at radius 1 is 0.441 bits per heavy atom. The van der Waals surface area contributed by atoms with Gasteiger partial charge in [-0.3, -0.25) is 14.5 Å². The highest BCUT2D eigenvalue weighted by Crippen LogP contribution is 2.51. The number of hydrogen-bond acceptors (Lipinski definition) is 6. The van der Waals surface area contributed by atoms with Crippen molar-refractivity contribution < 1.29 is 9.59 Å². The summed E-state index contributed by atoms with van der Waals surface area (Å²) in [7, 11) is 0. The van der Waals surface area contributed by atoms with E-state index < -0.39 is 0 Å². The standard InChI is InChI=1S/C50H71Br2NO2S4/c1-4-7-10-13-16-18-20-22-24-27-30-37-35-40(57-45(37)39-32-33-42(51)56-39)41-36-38(31-28-25-23-21-19-17-14-11-8-5-2)46(58-41)47-43-44(48(52)59-47)50(55)53(49(43)54)34-29-26-15-12-9-6-3/h32-33,35-36H,4-31,34H2,1-3H3. The lowest BCUT2D eigenvalue weighted by Gasteiger charge is -2.14. The van der Waals surface area contributed by atoms with E-state index >= 15 is 0 Å². The van der Waals surface area contributed by atoms with Crippen molar-refractivity contribution in [2.24, 2.45) is 0 Å². The van der Waals surface area contributed by atoms with Crippen LogP contribution in [0.25, 0.3) is 29.3 Å². The molecule has 9 heteroatoms. The third kappa shape index (κ3) is 14.7. The Kier molecular flexibility index (Phi) is 22.5. The van der Waals surface area contributed by atoms with Crippen molar-refractivity contribution in [1.29, 1.82) is 0 Å². The molecule has 1 aliphatic heterocycles. The second-order valence-corrected chi connectivity index (χ2v) is 23.8. The molecule has 59 heavy (non-hydrogen) atoms. The van der Waals surface area contributed by atoms with Gasteiger partial charge in [-0.25, -0.2) is 0 Å². The summed E-state index contributed by atoms with van der Waals surface area (Å²) < 4.78 is 1.97. The van der Waals surface area contributed by atoms with Crippen molar-refractivity contribution in [2.75, 3.05) is 6.54 Å². The number of amides is 2. The van der Waals surface area contributed by atoms with Crippen molar-refractivity contribution >= 4 is 89.0 Å². The fourth-order valence-electron chi connectivity index (χ4n) is 8.49. The Labute approximate surface area is 390 Å². The first-order valence-corrected chi connectivity index (χ1v) is 28.4. The Bertz CT molecular complexity index is 1850. The molecule has 0 N–H and O–H groups in total. The molecule has 0 saturated carbocycles. The van der Waals surface area contributed by atoms with Gasteiger partial charge in [-0.2, -0.15) is 0 Å². The van der Waals surface area contributed by atoms with E-state index in [2.05, 4.69) is 76.9 Å². The molecular formula is C50H71Br2NO2S4. The van der Waals surface area contributed by atoms with Crippen molar-refractivity contribution in [1.82, 2.24) is 4.90 Å². The van der Waals surface area contributed by atoms with Crippen LogP contribution in [-0.4, -0.2) is 23.3 Å². The Hall–Kier alpha value is -1.10. The summed E-state index contributed by atoms with van der Waals surface area (Å²) in [6.45, 7) is 7.32. The minimum atomic E-state index is -0.123. The first-order chi connectivity index (χ1) is 28.9. The smallest absolute Gasteiger partial charge is 0.263 e. The van der Waals surface area contributed by atoms with E-state index in [1.54, 1.807) is 11.3 Å². The maximum Gasteiger partial charge on any atom is 0.263 e. The number of carbonyl (C=O) groups is 2. The van der Waals surface area contributed by atoms with Gasteiger partial charge in [0.25, 0.3) is 11.8 Å². The lowest BCUT2D eigenvalue weighted by Crippen LogP contribution is -2.31. The van der Waals surface area contributed by atoms with E-state index in [1.807, 2.05) is 34.0 Å². The zero-order valence-electron chi connectivity index (χ0n) is 36.5. The highest BCUT2D eigenvalue weighted by atomic mass is 79.9. The molecule has 0 bridgehead atoms. The predicted molar refractivity (Wildman–Crippen MR) is 269 cm³/mol. The molecule has 0 aromatic carbocycles. The van der Waals surface area contributed by atoms with E-state index in [0.717, 1.165) is 47.2 Å². The summed E-state index contributed by atoms with van der Waals surface area (Å²) in [6, 6.07) is 9.37. The van der Waals surface area contributed by atoms with Crippen LogP contribution < -0.4 is 0 Å². The maximum atomic E-state index is 14.2. The second-order valence-electron chi connectivity index (χ2n) is 16.9. The van der Waals surface area contributed by atoms with Crippen LogP contribution >= 0.6 is 77.2 Å². The molecule has 1 aliphatic rings. The third-order valence-corrected chi connectivity index (χ3v) is 18.4. The average molecular weight is 1010 g/mol. The molecule has 0 atom stereocenters. The van der Waals surface area contributed by atoms with Crippen LogP contribution in [0.15, 0.2) is 31.8 Å². The van der Waals surface area contributed by atoms with Crippen LogP contribution in [0.4, 0.5) is 0 Å². The van der Waals surface area contributed by atoms with E-state index in [4.69, 9.17) is 0 Å². The largest absolute Gasteiger partial charge is 0.274 e. The van der Waals surface area contributed by atoms with Gasteiger partial charge in [-0.15, -0.1) is 45.3 Å². The Morgan fingerprint density at radius 2 is 0.864 bits per heavy atom. The van der Waals surface area contributed by atoms with E-state index in [0.29, 0.717) is 17.7 Å². The van der Waals surface area contributed by atoms with Gasteiger partial charge in [0, 0.05) is 30.9 Å². The number of rotatable bonds is 32. The van der Waals surface area contributed by atoms with Crippen LogP contribution in [0, 0.1) is 0 Å². The molecule has 0 saturated heterocycles. The molecule has 5 heterocycles. The summed E-state index contributed by atoms with van der Waals surface area (Å²) in [6.07, 6.45) is 35.5. The number of halogens is 2. The number of hydrogen-bond donors (Lipinski definition) is 0. The minimum absolute atomic E-state index is 0.101. The number of fused-ring (bicyclic) bond motifs is 1. The summed E-state index contributed by atoms with van der Waals surface area (Å²) in [5.74, 6) is -0.224.